The topological polar surface area (TPSA) is 66.3 Å². The Balaban J connectivity index is 1.39. The van der Waals surface area contributed by atoms with E-state index in [1.54, 1.807) is 0 Å². The third-order valence-electron chi connectivity index (χ3n) is 6.52. The van der Waals surface area contributed by atoms with Gasteiger partial charge in [-0.05, 0) is 50.3 Å². The summed E-state index contributed by atoms with van der Waals surface area (Å²) >= 11 is 0. The summed E-state index contributed by atoms with van der Waals surface area (Å²) in [5, 5.41) is 12.4. The lowest BCUT2D eigenvalue weighted by Crippen LogP contribution is -2.33. The van der Waals surface area contributed by atoms with Gasteiger partial charge in [0, 0.05) is 56.9 Å². The van der Waals surface area contributed by atoms with Crippen LogP contribution < -0.4 is 10.2 Å². The number of aromatic nitrogens is 3. The number of nitrogens with one attached hydrogen (secondary N) is 1. The molecule has 0 saturated carbocycles. The van der Waals surface area contributed by atoms with Crippen molar-refractivity contribution in [1.29, 1.82) is 0 Å². The molecule has 7 heteroatoms. The average Bonchev–Trinajstić information content (AvgIpc) is 3.34. The fourth-order valence-electron chi connectivity index (χ4n) is 4.97. The minimum atomic E-state index is 0.0282. The van der Waals surface area contributed by atoms with Crippen molar-refractivity contribution < 1.29 is 4.79 Å². The van der Waals surface area contributed by atoms with Gasteiger partial charge in [0.05, 0.1) is 6.04 Å². The van der Waals surface area contributed by atoms with Gasteiger partial charge in [-0.1, -0.05) is 6.07 Å². The molecule has 2 fully saturated rings. The van der Waals surface area contributed by atoms with Crippen LogP contribution in [-0.2, 0) is 13.0 Å². The first-order chi connectivity index (χ1) is 14.3. The highest BCUT2D eigenvalue weighted by Gasteiger charge is 2.35. The molecule has 29 heavy (non-hydrogen) atoms. The van der Waals surface area contributed by atoms with Gasteiger partial charge in [0.15, 0.2) is 5.82 Å². The maximum Gasteiger partial charge on any atom is 0.254 e. The number of rotatable bonds is 3. The number of fused-ring (bicyclic) bond motifs is 1. The molecule has 1 unspecified atom stereocenters. The van der Waals surface area contributed by atoms with Gasteiger partial charge < -0.3 is 19.7 Å². The lowest BCUT2D eigenvalue weighted by atomic mass is 10.1. The van der Waals surface area contributed by atoms with Crippen LogP contribution in [0, 0.1) is 0 Å². The highest BCUT2D eigenvalue weighted by atomic mass is 16.2. The predicted octanol–water partition coefficient (Wildman–Crippen LogP) is 2.39. The summed E-state index contributed by atoms with van der Waals surface area (Å²) in [5.74, 6) is 2.12. The van der Waals surface area contributed by atoms with E-state index in [1.807, 2.05) is 17.0 Å². The Morgan fingerprint density at radius 2 is 1.90 bits per heavy atom. The van der Waals surface area contributed by atoms with Crippen molar-refractivity contribution in [3.05, 3.63) is 41.5 Å². The summed E-state index contributed by atoms with van der Waals surface area (Å²) in [4.78, 5) is 17.9. The third-order valence-corrected chi connectivity index (χ3v) is 6.52. The van der Waals surface area contributed by atoms with Crippen LogP contribution in [0.2, 0.25) is 0 Å². The molecule has 0 spiro atoms. The first-order valence-corrected chi connectivity index (χ1v) is 11.1. The van der Waals surface area contributed by atoms with Crippen molar-refractivity contribution in [2.45, 2.75) is 51.1 Å². The molecule has 0 radical (unpaired) electrons. The summed E-state index contributed by atoms with van der Waals surface area (Å²) < 4.78 is 2.24. The second-order valence-electron chi connectivity index (χ2n) is 8.38. The average molecular weight is 395 g/mol. The fraction of sp³-hybridized carbons (Fsp3) is 0.591. The molecule has 0 aliphatic carbocycles. The molecule has 7 nitrogen and oxygen atoms in total. The second kappa shape index (κ2) is 8.14. The van der Waals surface area contributed by atoms with Gasteiger partial charge in [-0.3, -0.25) is 4.79 Å². The van der Waals surface area contributed by atoms with E-state index in [-0.39, 0.29) is 11.9 Å². The van der Waals surface area contributed by atoms with E-state index in [4.69, 9.17) is 0 Å². The van der Waals surface area contributed by atoms with E-state index >= 15 is 0 Å². The predicted molar refractivity (Wildman–Crippen MR) is 112 cm³/mol. The van der Waals surface area contributed by atoms with E-state index < -0.39 is 0 Å². The molecular formula is C22H30N6O. The molecule has 1 aromatic carbocycles. The molecule has 0 bridgehead atoms. The molecule has 4 heterocycles. The quantitative estimate of drug-likeness (QED) is 0.866. The van der Waals surface area contributed by atoms with Crippen molar-refractivity contribution in [3.63, 3.8) is 0 Å². The van der Waals surface area contributed by atoms with Crippen molar-refractivity contribution in [3.8, 4) is 0 Å². The van der Waals surface area contributed by atoms with Gasteiger partial charge in [-0.25, -0.2) is 0 Å². The minimum Gasteiger partial charge on any atom is -0.372 e. The van der Waals surface area contributed by atoms with Crippen molar-refractivity contribution in [2.24, 2.45) is 0 Å². The molecule has 2 saturated heterocycles. The van der Waals surface area contributed by atoms with Crippen LogP contribution >= 0.6 is 0 Å². The number of nitrogens with zero attached hydrogens (tertiary/aromatic N) is 5. The van der Waals surface area contributed by atoms with E-state index in [9.17, 15) is 4.79 Å². The number of carbonyl (C=O) groups excluding carboxylic acids is 1. The molecule has 3 aliphatic rings. The first-order valence-electron chi connectivity index (χ1n) is 11.1. The number of piperidine rings is 1. The normalized spacial score (nSPS) is 22.4. The smallest absolute Gasteiger partial charge is 0.254 e. The Kier molecular flexibility index (Phi) is 5.23. The van der Waals surface area contributed by atoms with Crippen LogP contribution in [0.3, 0.4) is 0 Å². The van der Waals surface area contributed by atoms with Gasteiger partial charge in [0.1, 0.15) is 5.82 Å². The van der Waals surface area contributed by atoms with Crippen LogP contribution in [0.1, 0.15) is 60.2 Å². The van der Waals surface area contributed by atoms with Gasteiger partial charge >= 0.3 is 0 Å². The van der Waals surface area contributed by atoms with Crippen LogP contribution in [0.5, 0.6) is 0 Å². The summed E-state index contributed by atoms with van der Waals surface area (Å²) in [5.41, 5.74) is 1.96. The van der Waals surface area contributed by atoms with Crippen LogP contribution in [0.25, 0.3) is 0 Å². The molecule has 3 aliphatic heterocycles. The van der Waals surface area contributed by atoms with Crippen LogP contribution in [-0.4, -0.2) is 58.3 Å². The zero-order valence-corrected chi connectivity index (χ0v) is 17.0. The Hall–Kier alpha value is -2.41. The summed E-state index contributed by atoms with van der Waals surface area (Å²) in [7, 11) is 0. The molecule has 2 aromatic rings. The van der Waals surface area contributed by atoms with Crippen molar-refractivity contribution in [1.82, 2.24) is 25.0 Å². The summed E-state index contributed by atoms with van der Waals surface area (Å²) in [6.45, 7) is 5.71. The molecule has 1 amide bonds. The van der Waals surface area contributed by atoms with E-state index in [2.05, 4.69) is 37.1 Å². The van der Waals surface area contributed by atoms with E-state index in [0.717, 1.165) is 75.7 Å². The lowest BCUT2D eigenvalue weighted by molar-refractivity contribution is 0.0727. The van der Waals surface area contributed by atoms with Crippen molar-refractivity contribution in [2.75, 3.05) is 37.6 Å². The van der Waals surface area contributed by atoms with E-state index in [0.29, 0.717) is 0 Å². The van der Waals surface area contributed by atoms with Gasteiger partial charge in [-0.2, -0.15) is 0 Å². The van der Waals surface area contributed by atoms with Crippen molar-refractivity contribution >= 4 is 11.6 Å². The summed E-state index contributed by atoms with van der Waals surface area (Å²) in [6, 6.07) is 8.23. The number of likely N-dealkylation sites (tertiary alicyclic amines) is 1. The fourth-order valence-corrected chi connectivity index (χ4v) is 4.97. The minimum absolute atomic E-state index is 0.0282. The molecule has 1 atom stereocenters. The Bertz CT molecular complexity index is 872. The number of carbonyl (C=O) groups is 1. The molecule has 5 rings (SSSR count). The lowest BCUT2D eigenvalue weighted by Gasteiger charge is -2.29. The number of amides is 1. The van der Waals surface area contributed by atoms with E-state index in [1.165, 1.54) is 24.9 Å². The maximum absolute atomic E-state index is 13.5. The zero-order chi connectivity index (χ0) is 19.6. The second-order valence-corrected chi connectivity index (χ2v) is 8.38. The summed E-state index contributed by atoms with van der Waals surface area (Å²) in [6.07, 6.45) is 6.65. The number of hydrogen-bond acceptors (Lipinski definition) is 5. The highest BCUT2D eigenvalue weighted by molar-refractivity contribution is 5.95. The Morgan fingerprint density at radius 1 is 1.00 bits per heavy atom. The monoisotopic (exact) mass is 394 g/mol. The van der Waals surface area contributed by atoms with Crippen LogP contribution in [0.15, 0.2) is 24.3 Å². The Morgan fingerprint density at radius 3 is 2.79 bits per heavy atom. The first kappa shape index (κ1) is 18.6. The number of anilines is 1. The van der Waals surface area contributed by atoms with Gasteiger partial charge in [0.25, 0.3) is 5.91 Å². The highest BCUT2D eigenvalue weighted by Crippen LogP contribution is 2.33. The standard InChI is InChI=1S/C22H30N6O/c29-22(17-6-4-7-18(16-17)26-12-2-1-3-13-26)27-14-5-8-19(27)21-25-24-20-9-10-23-11-15-28(20)21/h4,6-7,16,19,23H,1-3,5,8-15H2. The Labute approximate surface area is 172 Å². The molecule has 154 valence electrons. The largest absolute Gasteiger partial charge is 0.372 e. The molecular weight excluding hydrogens is 364 g/mol. The molecule has 1 aromatic heterocycles. The SMILES string of the molecule is O=C(c1cccc(N2CCCCC2)c1)N1CCCC1c1nnc2n1CCNCC2. The zero-order valence-electron chi connectivity index (χ0n) is 17.0. The number of benzene rings is 1. The number of hydrogen-bond donors (Lipinski definition) is 1. The molecule has 1 N–H and O–H groups in total. The maximum atomic E-state index is 13.5. The van der Waals surface area contributed by atoms with Gasteiger partial charge in [-0.15, -0.1) is 10.2 Å². The third kappa shape index (κ3) is 3.64. The van der Waals surface area contributed by atoms with Crippen LogP contribution in [0.4, 0.5) is 5.69 Å². The van der Waals surface area contributed by atoms with Gasteiger partial charge in [0.2, 0.25) is 0 Å².